The lowest BCUT2D eigenvalue weighted by Gasteiger charge is -2.26. The number of rotatable bonds is 2. The number of benzene rings is 1. The minimum atomic E-state index is -1.53. The van der Waals surface area contributed by atoms with Crippen LogP contribution in [0, 0.1) is 12.7 Å². The van der Waals surface area contributed by atoms with Gasteiger partial charge in [-0.05, 0) is 38.5 Å². The predicted octanol–water partition coefficient (Wildman–Crippen LogP) is 2.52. The van der Waals surface area contributed by atoms with Crippen LogP contribution >= 0.6 is 11.6 Å². The molecular formula is C12H15ClFNO2. The molecule has 0 unspecified atom stereocenters. The van der Waals surface area contributed by atoms with E-state index in [2.05, 4.69) is 0 Å². The van der Waals surface area contributed by atoms with Gasteiger partial charge in [0.2, 0.25) is 0 Å². The van der Waals surface area contributed by atoms with Gasteiger partial charge in [0, 0.05) is 7.05 Å². The molecule has 0 aliphatic rings. The van der Waals surface area contributed by atoms with E-state index in [1.807, 2.05) is 0 Å². The Balaban J connectivity index is 3.17. The molecule has 1 aromatic rings. The molecule has 1 N–H and O–H groups in total. The van der Waals surface area contributed by atoms with Gasteiger partial charge in [0.05, 0.1) is 10.7 Å². The summed E-state index contributed by atoms with van der Waals surface area (Å²) in [4.78, 5) is 13.0. The Labute approximate surface area is 105 Å². The number of carbonyl (C=O) groups excluding carboxylic acids is 1. The van der Waals surface area contributed by atoms with E-state index in [1.54, 1.807) is 6.92 Å². The maximum absolute atomic E-state index is 13.4. The van der Waals surface area contributed by atoms with Crippen molar-refractivity contribution in [1.29, 1.82) is 0 Å². The number of anilines is 1. The summed E-state index contributed by atoms with van der Waals surface area (Å²) in [6, 6.07) is 2.63. The lowest BCUT2D eigenvalue weighted by atomic mass is 10.1. The summed E-state index contributed by atoms with van der Waals surface area (Å²) in [5, 5.41) is 9.87. The Morgan fingerprint density at radius 3 is 2.47 bits per heavy atom. The van der Waals surface area contributed by atoms with Gasteiger partial charge in [-0.1, -0.05) is 11.6 Å². The fourth-order valence-electron chi connectivity index (χ4n) is 1.41. The van der Waals surface area contributed by atoms with Crippen molar-refractivity contribution < 1.29 is 14.3 Å². The average molecular weight is 260 g/mol. The zero-order valence-corrected chi connectivity index (χ0v) is 11.0. The van der Waals surface area contributed by atoms with Crippen molar-refractivity contribution >= 4 is 23.2 Å². The summed E-state index contributed by atoms with van der Waals surface area (Å²) < 4.78 is 13.4. The molecule has 0 saturated heterocycles. The fraction of sp³-hybridized carbons (Fsp3) is 0.417. The van der Waals surface area contributed by atoms with Gasteiger partial charge in [0.25, 0.3) is 5.91 Å². The van der Waals surface area contributed by atoms with Crippen LogP contribution < -0.4 is 4.90 Å². The lowest BCUT2D eigenvalue weighted by Crippen LogP contribution is -2.43. The van der Waals surface area contributed by atoms with Gasteiger partial charge < -0.3 is 10.0 Å². The standard InChI is InChI=1S/C12H15ClFNO2/c1-7-5-8(13)10(6-9(7)14)15(4)11(16)12(2,3)17/h5-6,17H,1-4H3. The molecule has 0 aliphatic carbocycles. The smallest absolute Gasteiger partial charge is 0.258 e. The molecule has 17 heavy (non-hydrogen) atoms. The van der Waals surface area contributed by atoms with Crippen molar-refractivity contribution in [2.24, 2.45) is 0 Å². The van der Waals surface area contributed by atoms with E-state index in [1.165, 1.54) is 33.0 Å². The number of aryl methyl sites for hydroxylation is 1. The van der Waals surface area contributed by atoms with E-state index in [-0.39, 0.29) is 10.7 Å². The molecule has 1 amide bonds. The highest BCUT2D eigenvalue weighted by atomic mass is 35.5. The molecule has 0 saturated carbocycles. The van der Waals surface area contributed by atoms with E-state index in [9.17, 15) is 14.3 Å². The Morgan fingerprint density at radius 1 is 1.47 bits per heavy atom. The highest BCUT2D eigenvalue weighted by Crippen LogP contribution is 2.29. The lowest BCUT2D eigenvalue weighted by molar-refractivity contribution is -0.133. The van der Waals surface area contributed by atoms with E-state index in [0.29, 0.717) is 5.56 Å². The Bertz CT molecular complexity index is 455. The molecular weight excluding hydrogens is 245 g/mol. The van der Waals surface area contributed by atoms with Gasteiger partial charge in [-0.25, -0.2) is 4.39 Å². The van der Waals surface area contributed by atoms with Crippen LogP contribution in [0.1, 0.15) is 19.4 Å². The van der Waals surface area contributed by atoms with E-state index in [0.717, 1.165) is 4.90 Å². The Kier molecular flexibility index (Phi) is 3.79. The number of carbonyl (C=O) groups is 1. The van der Waals surface area contributed by atoms with Crippen molar-refractivity contribution in [3.05, 3.63) is 28.5 Å². The number of aliphatic hydroxyl groups is 1. The van der Waals surface area contributed by atoms with Crippen molar-refractivity contribution in [3.8, 4) is 0 Å². The number of hydrogen-bond acceptors (Lipinski definition) is 2. The van der Waals surface area contributed by atoms with Crippen LogP contribution in [0.2, 0.25) is 5.02 Å². The Morgan fingerprint density at radius 2 is 2.00 bits per heavy atom. The number of amides is 1. The molecule has 0 radical (unpaired) electrons. The third-order valence-electron chi connectivity index (χ3n) is 2.42. The van der Waals surface area contributed by atoms with Crippen molar-refractivity contribution in [1.82, 2.24) is 0 Å². The molecule has 0 heterocycles. The van der Waals surface area contributed by atoms with Crippen LogP contribution in [-0.4, -0.2) is 23.7 Å². The quantitative estimate of drug-likeness (QED) is 0.887. The normalized spacial score (nSPS) is 11.5. The van der Waals surface area contributed by atoms with Gasteiger partial charge >= 0.3 is 0 Å². The molecule has 1 rings (SSSR count). The van der Waals surface area contributed by atoms with Crippen molar-refractivity contribution in [2.45, 2.75) is 26.4 Å². The first-order chi connectivity index (χ1) is 7.64. The third kappa shape index (κ3) is 2.96. The first-order valence-electron chi connectivity index (χ1n) is 5.10. The van der Waals surface area contributed by atoms with Crippen molar-refractivity contribution in [2.75, 3.05) is 11.9 Å². The van der Waals surface area contributed by atoms with E-state index in [4.69, 9.17) is 11.6 Å². The summed E-state index contributed by atoms with van der Waals surface area (Å²) in [5.74, 6) is -0.998. The van der Waals surface area contributed by atoms with Crippen LogP contribution in [0.4, 0.5) is 10.1 Å². The number of likely N-dealkylation sites (N-methyl/N-ethyl adjacent to an activating group) is 1. The third-order valence-corrected chi connectivity index (χ3v) is 2.72. The summed E-state index contributed by atoms with van der Waals surface area (Å²) in [6.07, 6.45) is 0. The molecule has 0 atom stereocenters. The summed E-state index contributed by atoms with van der Waals surface area (Å²) in [5.41, 5.74) is -0.885. The zero-order chi connectivity index (χ0) is 13.4. The minimum absolute atomic E-state index is 0.238. The molecule has 0 fully saturated rings. The first-order valence-corrected chi connectivity index (χ1v) is 5.48. The van der Waals surface area contributed by atoms with E-state index >= 15 is 0 Å². The van der Waals surface area contributed by atoms with E-state index < -0.39 is 17.3 Å². The maximum atomic E-state index is 13.4. The fourth-order valence-corrected chi connectivity index (χ4v) is 1.76. The van der Waals surface area contributed by atoms with Gasteiger partial charge in [0.1, 0.15) is 11.4 Å². The van der Waals surface area contributed by atoms with Gasteiger partial charge in [-0.2, -0.15) is 0 Å². The molecule has 0 bridgehead atoms. The average Bonchev–Trinajstić information content (AvgIpc) is 2.20. The Hall–Kier alpha value is -1.13. The number of halogens is 2. The predicted molar refractivity (Wildman–Crippen MR) is 65.9 cm³/mol. The number of hydrogen-bond donors (Lipinski definition) is 1. The van der Waals surface area contributed by atoms with Gasteiger partial charge in [-0.15, -0.1) is 0 Å². The highest BCUT2D eigenvalue weighted by molar-refractivity contribution is 6.34. The highest BCUT2D eigenvalue weighted by Gasteiger charge is 2.29. The summed E-state index contributed by atoms with van der Waals surface area (Å²) >= 11 is 5.95. The van der Waals surface area contributed by atoms with Crippen LogP contribution in [0.5, 0.6) is 0 Å². The summed E-state index contributed by atoms with van der Waals surface area (Å²) in [6.45, 7) is 4.32. The molecule has 3 nitrogen and oxygen atoms in total. The second kappa shape index (κ2) is 4.63. The van der Waals surface area contributed by atoms with Gasteiger partial charge in [-0.3, -0.25) is 4.79 Å². The zero-order valence-electron chi connectivity index (χ0n) is 10.2. The second-order valence-electron chi connectivity index (χ2n) is 4.48. The van der Waals surface area contributed by atoms with Crippen LogP contribution in [0.15, 0.2) is 12.1 Å². The SMILES string of the molecule is Cc1cc(Cl)c(N(C)C(=O)C(C)(C)O)cc1F. The van der Waals surface area contributed by atoms with Crippen LogP contribution in [0.25, 0.3) is 0 Å². The topological polar surface area (TPSA) is 40.5 Å². The largest absolute Gasteiger partial charge is 0.381 e. The first kappa shape index (κ1) is 13.9. The molecule has 0 spiro atoms. The molecule has 5 heteroatoms. The maximum Gasteiger partial charge on any atom is 0.258 e. The minimum Gasteiger partial charge on any atom is -0.381 e. The second-order valence-corrected chi connectivity index (χ2v) is 4.88. The summed E-state index contributed by atoms with van der Waals surface area (Å²) in [7, 11) is 1.44. The monoisotopic (exact) mass is 259 g/mol. The molecule has 0 aromatic heterocycles. The molecule has 1 aromatic carbocycles. The number of nitrogens with zero attached hydrogens (tertiary/aromatic N) is 1. The molecule has 0 aliphatic heterocycles. The van der Waals surface area contributed by atoms with Crippen molar-refractivity contribution in [3.63, 3.8) is 0 Å². The van der Waals surface area contributed by atoms with Gasteiger partial charge in [0.15, 0.2) is 0 Å². The van der Waals surface area contributed by atoms with Crippen LogP contribution in [-0.2, 0) is 4.79 Å². The van der Waals surface area contributed by atoms with Crippen LogP contribution in [0.3, 0.4) is 0 Å². The molecule has 94 valence electrons.